The molecule has 0 aromatic rings. The monoisotopic (exact) mass is 240 g/mol. The van der Waals surface area contributed by atoms with Crippen LogP contribution in [0.2, 0.25) is 0 Å². The molecule has 0 saturated carbocycles. The second-order valence-corrected chi connectivity index (χ2v) is 5.29. The van der Waals surface area contributed by atoms with Crippen molar-refractivity contribution in [1.82, 2.24) is 10.6 Å². The fourth-order valence-electron chi connectivity index (χ4n) is 2.73. The molecule has 0 aliphatic carbocycles. The molecule has 2 heterocycles. The van der Waals surface area contributed by atoms with Crippen LogP contribution in [-0.2, 0) is 9.53 Å². The van der Waals surface area contributed by atoms with E-state index >= 15 is 0 Å². The maximum absolute atomic E-state index is 12.1. The van der Waals surface area contributed by atoms with E-state index in [0.717, 1.165) is 52.0 Å². The number of rotatable bonds is 3. The quantitative estimate of drug-likeness (QED) is 0.771. The molecule has 2 unspecified atom stereocenters. The van der Waals surface area contributed by atoms with Gasteiger partial charge in [-0.3, -0.25) is 4.79 Å². The maximum Gasteiger partial charge on any atom is 0.224 e. The highest BCUT2D eigenvalue weighted by atomic mass is 16.5. The van der Waals surface area contributed by atoms with Crippen molar-refractivity contribution < 1.29 is 9.53 Å². The van der Waals surface area contributed by atoms with Gasteiger partial charge in [-0.05, 0) is 45.1 Å². The topological polar surface area (TPSA) is 50.4 Å². The average Bonchev–Trinajstić information content (AvgIpc) is 2.38. The Morgan fingerprint density at radius 3 is 2.82 bits per heavy atom. The summed E-state index contributed by atoms with van der Waals surface area (Å²) in [4.78, 5) is 12.1. The lowest BCUT2D eigenvalue weighted by molar-refractivity contribution is -0.126. The Kier molecular flexibility index (Phi) is 4.80. The van der Waals surface area contributed by atoms with Gasteiger partial charge in [0.05, 0.1) is 5.92 Å². The lowest BCUT2D eigenvalue weighted by Gasteiger charge is -2.30. The largest absolute Gasteiger partial charge is 0.381 e. The van der Waals surface area contributed by atoms with Crippen molar-refractivity contribution in [2.45, 2.75) is 38.6 Å². The molecule has 2 aliphatic rings. The SMILES string of the molecule is CC1NCCCC1C(=O)NCC1CCOCC1. The molecule has 0 aromatic heterocycles. The number of carbonyl (C=O) groups excluding carboxylic acids is 1. The van der Waals surface area contributed by atoms with Gasteiger partial charge >= 0.3 is 0 Å². The van der Waals surface area contributed by atoms with Crippen LogP contribution in [0.4, 0.5) is 0 Å². The minimum atomic E-state index is 0.156. The van der Waals surface area contributed by atoms with E-state index < -0.39 is 0 Å². The van der Waals surface area contributed by atoms with Gasteiger partial charge in [0.1, 0.15) is 0 Å². The molecule has 0 radical (unpaired) electrons. The van der Waals surface area contributed by atoms with E-state index in [1.807, 2.05) is 0 Å². The second kappa shape index (κ2) is 6.36. The van der Waals surface area contributed by atoms with Gasteiger partial charge in [0.25, 0.3) is 0 Å². The molecule has 2 fully saturated rings. The Balaban J connectivity index is 1.72. The first-order chi connectivity index (χ1) is 8.27. The van der Waals surface area contributed by atoms with Crippen molar-refractivity contribution in [3.05, 3.63) is 0 Å². The summed E-state index contributed by atoms with van der Waals surface area (Å²) in [6, 6.07) is 0.318. The Hall–Kier alpha value is -0.610. The van der Waals surface area contributed by atoms with Gasteiger partial charge in [0.15, 0.2) is 0 Å². The molecule has 2 N–H and O–H groups in total. The molecule has 0 spiro atoms. The van der Waals surface area contributed by atoms with E-state index in [1.165, 1.54) is 0 Å². The highest BCUT2D eigenvalue weighted by Crippen LogP contribution is 2.17. The van der Waals surface area contributed by atoms with Gasteiger partial charge in [-0.2, -0.15) is 0 Å². The number of amides is 1. The van der Waals surface area contributed by atoms with Crippen molar-refractivity contribution in [2.24, 2.45) is 11.8 Å². The van der Waals surface area contributed by atoms with Crippen molar-refractivity contribution in [3.63, 3.8) is 0 Å². The zero-order chi connectivity index (χ0) is 12.1. The van der Waals surface area contributed by atoms with Crippen LogP contribution < -0.4 is 10.6 Å². The third-order valence-corrected chi connectivity index (χ3v) is 4.00. The number of ether oxygens (including phenoxy) is 1. The van der Waals surface area contributed by atoms with E-state index in [4.69, 9.17) is 4.74 Å². The molecule has 1 amide bonds. The zero-order valence-corrected chi connectivity index (χ0v) is 10.7. The van der Waals surface area contributed by atoms with Gasteiger partial charge < -0.3 is 15.4 Å². The van der Waals surface area contributed by atoms with Crippen LogP contribution in [-0.4, -0.2) is 38.3 Å². The van der Waals surface area contributed by atoms with Gasteiger partial charge in [-0.15, -0.1) is 0 Å². The summed E-state index contributed by atoms with van der Waals surface area (Å²) in [5.74, 6) is 0.999. The van der Waals surface area contributed by atoms with E-state index in [1.54, 1.807) is 0 Å². The molecule has 0 bridgehead atoms. The first-order valence-electron chi connectivity index (χ1n) is 6.86. The van der Waals surface area contributed by atoms with Gasteiger partial charge in [-0.1, -0.05) is 0 Å². The molecular formula is C13H24N2O2. The lowest BCUT2D eigenvalue weighted by atomic mass is 9.91. The van der Waals surface area contributed by atoms with Crippen LogP contribution in [0.15, 0.2) is 0 Å². The predicted molar refractivity (Wildman–Crippen MR) is 66.7 cm³/mol. The molecule has 2 aliphatic heterocycles. The summed E-state index contributed by atoms with van der Waals surface area (Å²) >= 11 is 0. The molecule has 4 nitrogen and oxygen atoms in total. The Morgan fingerprint density at radius 2 is 2.12 bits per heavy atom. The third kappa shape index (κ3) is 3.68. The van der Waals surface area contributed by atoms with Crippen molar-refractivity contribution >= 4 is 5.91 Å². The molecular weight excluding hydrogens is 216 g/mol. The van der Waals surface area contributed by atoms with E-state index in [-0.39, 0.29) is 11.8 Å². The Morgan fingerprint density at radius 1 is 1.35 bits per heavy atom. The van der Waals surface area contributed by atoms with Crippen molar-refractivity contribution in [2.75, 3.05) is 26.3 Å². The first kappa shape index (κ1) is 12.8. The molecule has 2 atom stereocenters. The normalized spacial score (nSPS) is 31.1. The van der Waals surface area contributed by atoms with Crippen molar-refractivity contribution in [1.29, 1.82) is 0 Å². The molecule has 0 aromatic carbocycles. The van der Waals surface area contributed by atoms with Crippen LogP contribution in [0.25, 0.3) is 0 Å². The fraction of sp³-hybridized carbons (Fsp3) is 0.923. The number of piperidine rings is 1. The predicted octanol–water partition coefficient (Wildman–Crippen LogP) is 0.917. The highest BCUT2D eigenvalue weighted by Gasteiger charge is 2.27. The lowest BCUT2D eigenvalue weighted by Crippen LogP contribution is -2.47. The van der Waals surface area contributed by atoms with Gasteiger partial charge in [0.2, 0.25) is 5.91 Å². The summed E-state index contributed by atoms with van der Waals surface area (Å²) in [7, 11) is 0. The fourth-order valence-corrected chi connectivity index (χ4v) is 2.73. The molecule has 2 saturated heterocycles. The van der Waals surface area contributed by atoms with E-state index in [9.17, 15) is 4.79 Å². The summed E-state index contributed by atoms with van der Waals surface area (Å²) in [6.45, 7) is 5.68. The van der Waals surface area contributed by atoms with E-state index in [0.29, 0.717) is 12.0 Å². The molecule has 2 rings (SSSR count). The molecule has 17 heavy (non-hydrogen) atoms. The summed E-state index contributed by atoms with van der Waals surface area (Å²) in [5.41, 5.74) is 0. The average molecular weight is 240 g/mol. The van der Waals surface area contributed by atoms with Crippen molar-refractivity contribution in [3.8, 4) is 0 Å². The van der Waals surface area contributed by atoms with Crippen LogP contribution >= 0.6 is 0 Å². The zero-order valence-electron chi connectivity index (χ0n) is 10.7. The Bertz CT molecular complexity index is 252. The number of hydrogen-bond acceptors (Lipinski definition) is 3. The number of carbonyl (C=O) groups is 1. The van der Waals surface area contributed by atoms with Crippen LogP contribution in [0.1, 0.15) is 32.6 Å². The van der Waals surface area contributed by atoms with Crippen LogP contribution in [0.3, 0.4) is 0 Å². The highest BCUT2D eigenvalue weighted by molar-refractivity contribution is 5.79. The minimum absolute atomic E-state index is 0.156. The van der Waals surface area contributed by atoms with Gasteiger partial charge in [0, 0.05) is 25.8 Å². The number of nitrogens with one attached hydrogen (secondary N) is 2. The van der Waals surface area contributed by atoms with E-state index in [2.05, 4.69) is 17.6 Å². The number of hydrogen-bond donors (Lipinski definition) is 2. The molecule has 4 heteroatoms. The summed E-state index contributed by atoms with van der Waals surface area (Å²) < 4.78 is 5.32. The Labute approximate surface area is 103 Å². The smallest absolute Gasteiger partial charge is 0.224 e. The summed E-state index contributed by atoms with van der Waals surface area (Å²) in [6.07, 6.45) is 4.30. The summed E-state index contributed by atoms with van der Waals surface area (Å²) in [5, 5.41) is 6.49. The molecule has 98 valence electrons. The standard InChI is InChI=1S/C13H24N2O2/c1-10-12(3-2-6-14-10)13(16)15-9-11-4-7-17-8-5-11/h10-12,14H,2-9H2,1H3,(H,15,16). The van der Waals surface area contributed by atoms with Gasteiger partial charge in [-0.25, -0.2) is 0 Å². The van der Waals surface area contributed by atoms with Crippen LogP contribution in [0, 0.1) is 11.8 Å². The maximum atomic E-state index is 12.1. The second-order valence-electron chi connectivity index (χ2n) is 5.29. The minimum Gasteiger partial charge on any atom is -0.381 e. The first-order valence-corrected chi connectivity index (χ1v) is 6.86. The van der Waals surface area contributed by atoms with Crippen LogP contribution in [0.5, 0.6) is 0 Å². The third-order valence-electron chi connectivity index (χ3n) is 4.00.